The molecule has 0 saturated carbocycles. The summed E-state index contributed by atoms with van der Waals surface area (Å²) in [7, 11) is 0. The molecule has 2 aromatic carbocycles. The molecule has 2 nitrogen and oxygen atoms in total. The van der Waals surface area contributed by atoms with E-state index in [0.29, 0.717) is 21.6 Å². The van der Waals surface area contributed by atoms with Crippen LogP contribution in [0, 0.1) is 0 Å². The van der Waals surface area contributed by atoms with E-state index in [1.165, 1.54) is 6.08 Å². The third-order valence-corrected chi connectivity index (χ3v) is 4.23. The minimum atomic E-state index is -0.166. The van der Waals surface area contributed by atoms with Crippen molar-refractivity contribution in [2.75, 3.05) is 6.54 Å². The highest BCUT2D eigenvalue weighted by Gasteiger charge is 1.99. The minimum Gasteiger partial charge on any atom is -0.349 e. The van der Waals surface area contributed by atoms with Gasteiger partial charge in [-0.3, -0.25) is 4.79 Å². The van der Waals surface area contributed by atoms with E-state index >= 15 is 0 Å². The fourth-order valence-corrected chi connectivity index (χ4v) is 2.70. The first kappa shape index (κ1) is 20.3. The van der Waals surface area contributed by atoms with Gasteiger partial charge < -0.3 is 5.32 Å². The maximum absolute atomic E-state index is 11.8. The third kappa shape index (κ3) is 7.09. The summed E-state index contributed by atoms with van der Waals surface area (Å²) in [5.74, 6) is -0.166. The van der Waals surface area contributed by atoms with Gasteiger partial charge in [-0.15, -0.1) is 0 Å². The quantitative estimate of drug-likeness (QED) is 0.434. The van der Waals surface area contributed by atoms with Gasteiger partial charge in [0.25, 0.3) is 0 Å². The monoisotopic (exact) mass is 405 g/mol. The molecule has 0 saturated heterocycles. The highest BCUT2D eigenvalue weighted by Crippen LogP contribution is 2.23. The predicted molar refractivity (Wildman–Crippen MR) is 113 cm³/mol. The Bertz CT molecular complexity index is 852. The Morgan fingerprint density at radius 3 is 2.38 bits per heavy atom. The van der Waals surface area contributed by atoms with E-state index in [2.05, 4.69) is 5.32 Å². The van der Waals surface area contributed by atoms with Crippen molar-refractivity contribution < 1.29 is 4.79 Å². The molecular weight excluding hydrogens is 389 g/mol. The number of carbonyl (C=O) groups excluding carboxylic acids is 1. The summed E-state index contributed by atoms with van der Waals surface area (Å²) in [6.07, 6.45) is 8.93. The second-order valence-electron chi connectivity index (χ2n) is 5.59. The molecule has 134 valence electrons. The summed E-state index contributed by atoms with van der Waals surface area (Å²) in [6, 6.07) is 12.8. The highest BCUT2D eigenvalue weighted by molar-refractivity contribution is 6.35. The average Bonchev–Trinajstić information content (AvgIpc) is 2.61. The molecule has 0 radical (unpaired) electrons. The Hall–Kier alpha value is -2.00. The van der Waals surface area contributed by atoms with Crippen molar-refractivity contribution in [3.8, 4) is 0 Å². The molecule has 26 heavy (non-hydrogen) atoms. The molecule has 0 aliphatic heterocycles. The number of rotatable bonds is 6. The zero-order chi connectivity index (χ0) is 18.9. The summed E-state index contributed by atoms with van der Waals surface area (Å²) in [5.41, 5.74) is 2.78. The van der Waals surface area contributed by atoms with E-state index in [1.807, 2.05) is 55.5 Å². The molecule has 5 heteroatoms. The zero-order valence-corrected chi connectivity index (χ0v) is 16.4. The Balaban J connectivity index is 1.84. The molecule has 0 fully saturated rings. The number of benzene rings is 2. The molecule has 0 heterocycles. The van der Waals surface area contributed by atoms with Crippen LogP contribution in [0.1, 0.15) is 18.1 Å². The van der Waals surface area contributed by atoms with Gasteiger partial charge in [0.05, 0.1) is 0 Å². The van der Waals surface area contributed by atoms with E-state index in [0.717, 1.165) is 16.7 Å². The van der Waals surface area contributed by atoms with Gasteiger partial charge in [0.15, 0.2) is 0 Å². The van der Waals surface area contributed by atoms with Gasteiger partial charge in [-0.25, -0.2) is 0 Å². The van der Waals surface area contributed by atoms with Crippen LogP contribution >= 0.6 is 34.8 Å². The summed E-state index contributed by atoms with van der Waals surface area (Å²) in [4.78, 5) is 11.8. The molecule has 1 N–H and O–H groups in total. The number of hydrogen-bond donors (Lipinski definition) is 1. The molecule has 2 aromatic rings. The van der Waals surface area contributed by atoms with Crippen LogP contribution in [0.25, 0.3) is 12.2 Å². The summed E-state index contributed by atoms with van der Waals surface area (Å²) in [5, 5.41) is 4.65. The third-order valence-electron chi connectivity index (χ3n) is 3.42. The summed E-state index contributed by atoms with van der Waals surface area (Å²) >= 11 is 17.8. The number of allylic oxidation sites excluding steroid dienone is 2. The van der Waals surface area contributed by atoms with Crippen LogP contribution in [0.15, 0.2) is 66.3 Å². The van der Waals surface area contributed by atoms with Crippen molar-refractivity contribution in [3.63, 3.8) is 0 Å². The van der Waals surface area contributed by atoms with Crippen molar-refractivity contribution >= 4 is 52.9 Å². The van der Waals surface area contributed by atoms with E-state index < -0.39 is 0 Å². The summed E-state index contributed by atoms with van der Waals surface area (Å²) in [6.45, 7) is 2.34. The van der Waals surface area contributed by atoms with Gasteiger partial charge in [0, 0.05) is 27.7 Å². The van der Waals surface area contributed by atoms with E-state index in [4.69, 9.17) is 34.8 Å². The molecular formula is C21H18Cl3NO. The van der Waals surface area contributed by atoms with Crippen LogP contribution < -0.4 is 5.32 Å². The first-order valence-electron chi connectivity index (χ1n) is 7.95. The molecule has 0 unspecified atom stereocenters. The lowest BCUT2D eigenvalue weighted by molar-refractivity contribution is -0.116. The molecule has 0 aromatic heterocycles. The number of halogens is 3. The maximum Gasteiger partial charge on any atom is 0.244 e. The van der Waals surface area contributed by atoms with Gasteiger partial charge in [-0.05, 0) is 42.3 Å². The summed E-state index contributed by atoms with van der Waals surface area (Å²) < 4.78 is 0. The first-order valence-corrected chi connectivity index (χ1v) is 9.09. The molecule has 0 bridgehead atoms. The van der Waals surface area contributed by atoms with Gasteiger partial charge >= 0.3 is 0 Å². The lowest BCUT2D eigenvalue weighted by Crippen LogP contribution is -2.20. The number of nitrogens with one attached hydrogen (secondary N) is 1. The second-order valence-corrected chi connectivity index (χ2v) is 6.87. The van der Waals surface area contributed by atoms with Crippen LogP contribution in [0.5, 0.6) is 0 Å². The smallest absolute Gasteiger partial charge is 0.244 e. The van der Waals surface area contributed by atoms with Crippen molar-refractivity contribution in [1.29, 1.82) is 0 Å². The van der Waals surface area contributed by atoms with Crippen LogP contribution in [0.3, 0.4) is 0 Å². The SMILES string of the molecule is CC(C=CC(=O)NCC=Cc1ccc(Cl)cc1)=Cc1ccc(Cl)cc1Cl. The van der Waals surface area contributed by atoms with Crippen molar-refractivity contribution in [1.82, 2.24) is 5.32 Å². The van der Waals surface area contributed by atoms with Crippen LogP contribution in [0.2, 0.25) is 15.1 Å². The van der Waals surface area contributed by atoms with Gasteiger partial charge in [-0.1, -0.05) is 82.9 Å². The fraction of sp³-hybridized carbons (Fsp3) is 0.0952. The topological polar surface area (TPSA) is 29.1 Å². The molecule has 0 atom stereocenters. The van der Waals surface area contributed by atoms with Gasteiger partial charge in [0.1, 0.15) is 0 Å². The number of amides is 1. The predicted octanol–water partition coefficient (Wildman–Crippen LogP) is 6.44. The Kier molecular flexibility index (Phi) is 7.99. The second kappa shape index (κ2) is 10.2. The lowest BCUT2D eigenvalue weighted by Gasteiger charge is -2.01. The molecule has 2 rings (SSSR count). The molecule has 0 aliphatic rings. The number of carbonyl (C=O) groups is 1. The van der Waals surface area contributed by atoms with Crippen molar-refractivity contribution in [3.05, 3.63) is 92.5 Å². The van der Waals surface area contributed by atoms with E-state index in [1.54, 1.807) is 18.2 Å². The molecule has 1 amide bonds. The fourth-order valence-electron chi connectivity index (χ4n) is 2.11. The Morgan fingerprint density at radius 1 is 1.00 bits per heavy atom. The molecule has 0 spiro atoms. The standard InChI is InChI=1S/C21H18Cl3NO/c1-15(13-17-7-10-19(23)14-20(17)24)4-11-21(26)25-12-2-3-16-5-8-18(22)9-6-16/h2-11,13-14H,12H2,1H3,(H,25,26). The lowest BCUT2D eigenvalue weighted by atomic mass is 10.1. The van der Waals surface area contributed by atoms with Gasteiger partial charge in [-0.2, -0.15) is 0 Å². The largest absolute Gasteiger partial charge is 0.349 e. The minimum absolute atomic E-state index is 0.166. The average molecular weight is 407 g/mol. The Morgan fingerprint density at radius 2 is 1.69 bits per heavy atom. The first-order chi connectivity index (χ1) is 12.4. The highest BCUT2D eigenvalue weighted by atomic mass is 35.5. The van der Waals surface area contributed by atoms with Crippen molar-refractivity contribution in [2.24, 2.45) is 0 Å². The van der Waals surface area contributed by atoms with E-state index in [9.17, 15) is 4.79 Å². The maximum atomic E-state index is 11.8. The zero-order valence-electron chi connectivity index (χ0n) is 14.2. The Labute approximate surface area is 168 Å². The van der Waals surface area contributed by atoms with E-state index in [-0.39, 0.29) is 5.91 Å². The normalized spacial score (nSPS) is 12.1. The van der Waals surface area contributed by atoms with Crippen LogP contribution in [-0.4, -0.2) is 12.5 Å². The molecule has 0 aliphatic carbocycles. The van der Waals surface area contributed by atoms with Crippen LogP contribution in [0.4, 0.5) is 0 Å². The number of hydrogen-bond acceptors (Lipinski definition) is 1. The van der Waals surface area contributed by atoms with Crippen LogP contribution in [-0.2, 0) is 4.79 Å². The van der Waals surface area contributed by atoms with Gasteiger partial charge in [0.2, 0.25) is 5.91 Å². The van der Waals surface area contributed by atoms with Crippen molar-refractivity contribution in [2.45, 2.75) is 6.92 Å².